The number of hydrogen-bond donors (Lipinski definition) is 2. The summed E-state index contributed by atoms with van der Waals surface area (Å²) in [7, 11) is 0. The first-order valence-electron chi connectivity index (χ1n) is 6.12. The van der Waals surface area contributed by atoms with Gasteiger partial charge >= 0.3 is 0 Å². The Balaban J connectivity index is 1.82. The molecule has 3 heteroatoms. The van der Waals surface area contributed by atoms with Crippen LogP contribution in [-0.2, 0) is 6.54 Å². The van der Waals surface area contributed by atoms with Crippen LogP contribution in [0, 0.1) is 12.8 Å². The highest BCUT2D eigenvalue weighted by atomic mass is 16.3. The summed E-state index contributed by atoms with van der Waals surface area (Å²) in [6, 6.07) is 3.55. The highest BCUT2D eigenvalue weighted by molar-refractivity contribution is 5.27. The van der Waals surface area contributed by atoms with E-state index in [0.29, 0.717) is 12.3 Å². The van der Waals surface area contributed by atoms with Crippen LogP contribution in [0.4, 0.5) is 0 Å². The second-order valence-electron chi connectivity index (χ2n) is 4.70. The van der Waals surface area contributed by atoms with Gasteiger partial charge in [-0.2, -0.15) is 0 Å². The predicted octanol–water partition coefficient (Wildman–Crippen LogP) is 2.38. The van der Waals surface area contributed by atoms with Crippen molar-refractivity contribution in [3.63, 3.8) is 0 Å². The first-order chi connectivity index (χ1) is 7.75. The number of aromatic hydroxyl groups is 1. The van der Waals surface area contributed by atoms with Gasteiger partial charge in [-0.05, 0) is 44.4 Å². The summed E-state index contributed by atoms with van der Waals surface area (Å²) < 4.78 is 0. The fourth-order valence-corrected chi connectivity index (χ4v) is 2.34. The standard InChI is InChI=1S/C13H20N2O/c1-10-6-7-13(16)12(15-10)9-14-8-11-4-2-3-5-11/h6-7,11,14,16H,2-5,8-9H2,1H3. The van der Waals surface area contributed by atoms with Crippen LogP contribution in [0.5, 0.6) is 5.75 Å². The monoisotopic (exact) mass is 220 g/mol. The zero-order valence-electron chi connectivity index (χ0n) is 9.87. The van der Waals surface area contributed by atoms with Crippen molar-refractivity contribution >= 4 is 0 Å². The molecule has 88 valence electrons. The minimum Gasteiger partial charge on any atom is -0.506 e. The van der Waals surface area contributed by atoms with E-state index in [1.54, 1.807) is 6.07 Å². The van der Waals surface area contributed by atoms with Gasteiger partial charge in [-0.1, -0.05) is 12.8 Å². The third-order valence-electron chi connectivity index (χ3n) is 3.29. The molecule has 16 heavy (non-hydrogen) atoms. The molecule has 1 aromatic heterocycles. The molecule has 1 heterocycles. The number of pyridine rings is 1. The lowest BCUT2D eigenvalue weighted by molar-refractivity contribution is 0.448. The molecule has 1 aromatic rings. The Kier molecular flexibility index (Phi) is 3.78. The molecule has 0 saturated heterocycles. The molecular formula is C13H20N2O. The minimum atomic E-state index is 0.296. The number of nitrogens with one attached hydrogen (secondary N) is 1. The predicted molar refractivity (Wildman–Crippen MR) is 64.3 cm³/mol. The molecule has 0 radical (unpaired) electrons. The molecule has 2 rings (SSSR count). The van der Waals surface area contributed by atoms with E-state index >= 15 is 0 Å². The summed E-state index contributed by atoms with van der Waals surface area (Å²) >= 11 is 0. The van der Waals surface area contributed by atoms with Crippen LogP contribution < -0.4 is 5.32 Å². The number of nitrogens with zero attached hydrogens (tertiary/aromatic N) is 1. The van der Waals surface area contributed by atoms with Gasteiger partial charge in [-0.25, -0.2) is 0 Å². The van der Waals surface area contributed by atoms with Crippen molar-refractivity contribution in [2.75, 3.05) is 6.54 Å². The van der Waals surface area contributed by atoms with Crippen LogP contribution in [0.15, 0.2) is 12.1 Å². The third-order valence-corrected chi connectivity index (χ3v) is 3.29. The Morgan fingerprint density at radius 2 is 2.12 bits per heavy atom. The molecule has 1 aliphatic rings. The Labute approximate surface area is 96.9 Å². The molecule has 0 aromatic carbocycles. The van der Waals surface area contributed by atoms with Crippen molar-refractivity contribution in [3.05, 3.63) is 23.5 Å². The van der Waals surface area contributed by atoms with Crippen LogP contribution in [0.2, 0.25) is 0 Å². The van der Waals surface area contributed by atoms with E-state index in [2.05, 4.69) is 10.3 Å². The van der Waals surface area contributed by atoms with Gasteiger partial charge in [0.05, 0.1) is 5.69 Å². The van der Waals surface area contributed by atoms with Crippen molar-refractivity contribution < 1.29 is 5.11 Å². The van der Waals surface area contributed by atoms with Crippen LogP contribution in [0.3, 0.4) is 0 Å². The molecule has 0 amide bonds. The minimum absolute atomic E-state index is 0.296. The Bertz CT molecular complexity index is 346. The van der Waals surface area contributed by atoms with Gasteiger partial charge in [0.2, 0.25) is 0 Å². The van der Waals surface area contributed by atoms with Crippen molar-refractivity contribution in [1.82, 2.24) is 10.3 Å². The van der Waals surface area contributed by atoms with Crippen LogP contribution in [0.25, 0.3) is 0 Å². The maximum Gasteiger partial charge on any atom is 0.138 e. The van der Waals surface area contributed by atoms with E-state index in [4.69, 9.17) is 0 Å². The number of aromatic nitrogens is 1. The van der Waals surface area contributed by atoms with Gasteiger partial charge in [0.1, 0.15) is 5.75 Å². The molecule has 2 N–H and O–H groups in total. The van der Waals surface area contributed by atoms with Gasteiger partial charge in [0, 0.05) is 12.2 Å². The molecular weight excluding hydrogens is 200 g/mol. The number of hydrogen-bond acceptors (Lipinski definition) is 3. The number of aryl methyl sites for hydroxylation is 1. The lowest BCUT2D eigenvalue weighted by Gasteiger charge is -2.11. The molecule has 1 aliphatic carbocycles. The van der Waals surface area contributed by atoms with Gasteiger partial charge in [-0.3, -0.25) is 4.98 Å². The average Bonchev–Trinajstić information content (AvgIpc) is 2.76. The molecule has 0 aliphatic heterocycles. The summed E-state index contributed by atoms with van der Waals surface area (Å²) in [5.41, 5.74) is 1.72. The molecule has 0 spiro atoms. The Hall–Kier alpha value is -1.09. The van der Waals surface area contributed by atoms with E-state index < -0.39 is 0 Å². The van der Waals surface area contributed by atoms with E-state index in [9.17, 15) is 5.11 Å². The summed E-state index contributed by atoms with van der Waals surface area (Å²) in [4.78, 5) is 4.32. The van der Waals surface area contributed by atoms with E-state index in [1.165, 1.54) is 25.7 Å². The van der Waals surface area contributed by atoms with Crippen molar-refractivity contribution in [1.29, 1.82) is 0 Å². The molecule has 0 bridgehead atoms. The molecule has 0 unspecified atom stereocenters. The maximum absolute atomic E-state index is 9.62. The smallest absolute Gasteiger partial charge is 0.138 e. The van der Waals surface area contributed by atoms with E-state index in [0.717, 1.165) is 23.9 Å². The summed E-state index contributed by atoms with van der Waals surface area (Å²) in [5, 5.41) is 13.0. The average molecular weight is 220 g/mol. The second kappa shape index (κ2) is 5.30. The second-order valence-corrected chi connectivity index (χ2v) is 4.70. The SMILES string of the molecule is Cc1ccc(O)c(CNCC2CCCC2)n1. The fourth-order valence-electron chi connectivity index (χ4n) is 2.34. The summed E-state index contributed by atoms with van der Waals surface area (Å²) in [6.45, 7) is 3.67. The molecule has 3 nitrogen and oxygen atoms in total. The molecule has 1 saturated carbocycles. The van der Waals surface area contributed by atoms with E-state index in [-0.39, 0.29) is 0 Å². The highest BCUT2D eigenvalue weighted by Gasteiger charge is 2.14. The third kappa shape index (κ3) is 2.95. The first kappa shape index (κ1) is 11.4. The van der Waals surface area contributed by atoms with Crippen molar-refractivity contribution in [2.24, 2.45) is 5.92 Å². The van der Waals surface area contributed by atoms with Crippen LogP contribution >= 0.6 is 0 Å². The van der Waals surface area contributed by atoms with Gasteiger partial charge in [0.25, 0.3) is 0 Å². The molecule has 0 atom stereocenters. The number of rotatable bonds is 4. The first-order valence-corrected chi connectivity index (χ1v) is 6.12. The summed E-state index contributed by atoms with van der Waals surface area (Å²) in [6.07, 6.45) is 5.45. The van der Waals surface area contributed by atoms with Gasteiger partial charge < -0.3 is 10.4 Å². The van der Waals surface area contributed by atoms with Crippen LogP contribution in [0.1, 0.15) is 37.1 Å². The lowest BCUT2D eigenvalue weighted by Crippen LogP contribution is -2.21. The quantitative estimate of drug-likeness (QED) is 0.819. The molecule has 1 fully saturated rings. The zero-order chi connectivity index (χ0) is 11.4. The van der Waals surface area contributed by atoms with Crippen molar-refractivity contribution in [2.45, 2.75) is 39.2 Å². The normalized spacial score (nSPS) is 16.8. The maximum atomic E-state index is 9.62. The van der Waals surface area contributed by atoms with Crippen LogP contribution in [-0.4, -0.2) is 16.6 Å². The summed E-state index contributed by atoms with van der Waals surface area (Å²) in [5.74, 6) is 1.12. The fraction of sp³-hybridized carbons (Fsp3) is 0.615. The Morgan fingerprint density at radius 3 is 2.88 bits per heavy atom. The van der Waals surface area contributed by atoms with Gasteiger partial charge in [-0.15, -0.1) is 0 Å². The Morgan fingerprint density at radius 1 is 1.38 bits per heavy atom. The largest absolute Gasteiger partial charge is 0.506 e. The van der Waals surface area contributed by atoms with E-state index in [1.807, 2.05) is 13.0 Å². The topological polar surface area (TPSA) is 45.1 Å². The van der Waals surface area contributed by atoms with Gasteiger partial charge in [0.15, 0.2) is 0 Å². The zero-order valence-corrected chi connectivity index (χ0v) is 9.87. The van der Waals surface area contributed by atoms with Crippen molar-refractivity contribution in [3.8, 4) is 5.75 Å². The lowest BCUT2D eigenvalue weighted by atomic mass is 10.1. The highest BCUT2D eigenvalue weighted by Crippen LogP contribution is 2.24.